The number of nitrogens with zero attached hydrogens (tertiary/aromatic N) is 1. The van der Waals surface area contributed by atoms with Crippen LogP contribution >= 0.6 is 0 Å². The molecule has 0 aromatic heterocycles. The van der Waals surface area contributed by atoms with Gasteiger partial charge < -0.3 is 5.73 Å². The molecule has 1 aromatic carbocycles. The quantitative estimate of drug-likeness (QED) is 0.867. The highest BCUT2D eigenvalue weighted by molar-refractivity contribution is 7.88. The lowest BCUT2D eigenvalue weighted by atomic mass is 10.2. The Morgan fingerprint density at radius 2 is 2.00 bits per heavy atom. The van der Waals surface area contributed by atoms with E-state index in [-0.39, 0.29) is 17.6 Å². The van der Waals surface area contributed by atoms with Gasteiger partial charge in [-0.15, -0.1) is 0 Å². The van der Waals surface area contributed by atoms with Gasteiger partial charge in [0.2, 0.25) is 10.0 Å². The van der Waals surface area contributed by atoms with E-state index in [1.54, 1.807) is 0 Å². The fourth-order valence-corrected chi connectivity index (χ4v) is 3.49. The molecule has 0 saturated carbocycles. The van der Waals surface area contributed by atoms with Gasteiger partial charge in [0.25, 0.3) is 0 Å². The van der Waals surface area contributed by atoms with Gasteiger partial charge in [0.05, 0.1) is 5.75 Å². The first kappa shape index (κ1) is 12.5. The summed E-state index contributed by atoms with van der Waals surface area (Å²) in [6.07, 6.45) is 0.697. The Morgan fingerprint density at radius 3 is 2.53 bits per heavy atom. The van der Waals surface area contributed by atoms with Crippen LogP contribution in [-0.2, 0) is 15.8 Å². The van der Waals surface area contributed by atoms with Crippen molar-refractivity contribution in [1.82, 2.24) is 4.31 Å². The lowest BCUT2D eigenvalue weighted by molar-refractivity contribution is 0.471. The van der Waals surface area contributed by atoms with Crippen LogP contribution in [0.5, 0.6) is 0 Å². The molecule has 0 amide bonds. The third kappa shape index (κ3) is 3.02. The highest BCUT2D eigenvalue weighted by Crippen LogP contribution is 2.16. The molecule has 17 heavy (non-hydrogen) atoms. The van der Waals surface area contributed by atoms with Gasteiger partial charge in [-0.1, -0.05) is 12.1 Å². The van der Waals surface area contributed by atoms with Gasteiger partial charge in [0.15, 0.2) is 0 Å². The smallest absolute Gasteiger partial charge is 0.218 e. The molecule has 1 aromatic rings. The van der Waals surface area contributed by atoms with Gasteiger partial charge in [-0.3, -0.25) is 0 Å². The molecule has 1 saturated heterocycles. The maximum Gasteiger partial charge on any atom is 0.218 e. The molecular formula is C11H15FN2O2S. The number of halogens is 1. The summed E-state index contributed by atoms with van der Waals surface area (Å²) in [4.78, 5) is 0. The van der Waals surface area contributed by atoms with Crippen LogP contribution in [0.1, 0.15) is 12.0 Å². The molecule has 1 aliphatic heterocycles. The molecule has 1 aliphatic rings. The monoisotopic (exact) mass is 258 g/mol. The Morgan fingerprint density at radius 1 is 1.35 bits per heavy atom. The second-order valence-electron chi connectivity index (χ2n) is 4.29. The lowest BCUT2D eigenvalue weighted by Gasteiger charge is -2.15. The van der Waals surface area contributed by atoms with E-state index in [9.17, 15) is 12.8 Å². The average molecular weight is 258 g/mol. The summed E-state index contributed by atoms with van der Waals surface area (Å²) < 4.78 is 38.1. The molecule has 0 spiro atoms. The van der Waals surface area contributed by atoms with Gasteiger partial charge in [-0.25, -0.2) is 17.1 Å². The molecule has 6 heteroatoms. The fraction of sp³-hybridized carbons (Fsp3) is 0.455. The second-order valence-corrected chi connectivity index (χ2v) is 6.26. The van der Waals surface area contributed by atoms with E-state index in [0.29, 0.717) is 25.1 Å². The topological polar surface area (TPSA) is 63.4 Å². The molecule has 1 heterocycles. The van der Waals surface area contributed by atoms with Crippen molar-refractivity contribution in [1.29, 1.82) is 0 Å². The van der Waals surface area contributed by atoms with Gasteiger partial charge in [0.1, 0.15) is 5.82 Å². The first-order valence-corrected chi connectivity index (χ1v) is 7.06. The number of sulfonamides is 1. The van der Waals surface area contributed by atoms with Crippen LogP contribution in [0.3, 0.4) is 0 Å². The standard InChI is InChI=1S/C11H15FN2O2S/c12-10-3-1-9(2-4-10)8-17(15,16)14-6-5-11(13)7-14/h1-4,11H,5-8,13H2/t11-/m1/s1. The van der Waals surface area contributed by atoms with E-state index >= 15 is 0 Å². The van der Waals surface area contributed by atoms with E-state index in [1.165, 1.54) is 28.6 Å². The molecule has 0 aliphatic carbocycles. The molecule has 2 rings (SSSR count). The van der Waals surface area contributed by atoms with Gasteiger partial charge in [0, 0.05) is 19.1 Å². The average Bonchev–Trinajstić information content (AvgIpc) is 2.69. The first-order valence-electron chi connectivity index (χ1n) is 5.45. The zero-order valence-electron chi connectivity index (χ0n) is 9.34. The minimum atomic E-state index is -3.33. The number of benzene rings is 1. The maximum absolute atomic E-state index is 12.7. The second kappa shape index (κ2) is 4.72. The molecule has 0 bridgehead atoms. The van der Waals surface area contributed by atoms with Crippen LogP contribution in [0.2, 0.25) is 0 Å². The zero-order valence-corrected chi connectivity index (χ0v) is 10.2. The predicted octanol–water partition coefficient (Wildman–Crippen LogP) is 0.689. The summed E-state index contributed by atoms with van der Waals surface area (Å²) in [5.41, 5.74) is 6.27. The van der Waals surface area contributed by atoms with E-state index in [1.807, 2.05) is 0 Å². The summed E-state index contributed by atoms with van der Waals surface area (Å²) in [7, 11) is -3.33. The SMILES string of the molecule is N[C@@H]1CCN(S(=O)(=O)Cc2ccc(F)cc2)C1. The molecule has 94 valence electrons. The molecule has 4 nitrogen and oxygen atoms in total. The molecule has 2 N–H and O–H groups in total. The van der Waals surface area contributed by atoms with Crippen LogP contribution in [-0.4, -0.2) is 31.9 Å². The Bertz CT molecular complexity index is 487. The number of nitrogens with two attached hydrogens (primary N) is 1. The van der Waals surface area contributed by atoms with Crippen LogP contribution in [0.25, 0.3) is 0 Å². The summed E-state index contributed by atoms with van der Waals surface area (Å²) in [6.45, 7) is 0.855. The molecule has 0 unspecified atom stereocenters. The van der Waals surface area contributed by atoms with E-state index in [2.05, 4.69) is 0 Å². The van der Waals surface area contributed by atoms with Crippen molar-refractivity contribution >= 4 is 10.0 Å². The third-order valence-corrected chi connectivity index (χ3v) is 4.66. The Balaban J connectivity index is 2.09. The van der Waals surface area contributed by atoms with Crippen LogP contribution in [0.15, 0.2) is 24.3 Å². The summed E-state index contributed by atoms with van der Waals surface area (Å²) in [6, 6.07) is 5.44. The van der Waals surface area contributed by atoms with Crippen molar-refractivity contribution in [2.75, 3.05) is 13.1 Å². The van der Waals surface area contributed by atoms with Crippen LogP contribution in [0, 0.1) is 5.82 Å². The number of hydrogen-bond donors (Lipinski definition) is 1. The van der Waals surface area contributed by atoms with Crippen LogP contribution < -0.4 is 5.73 Å². The van der Waals surface area contributed by atoms with Crippen molar-refractivity contribution in [3.63, 3.8) is 0 Å². The van der Waals surface area contributed by atoms with Gasteiger partial charge in [-0.05, 0) is 24.1 Å². The normalized spacial score (nSPS) is 21.9. The fourth-order valence-electron chi connectivity index (χ4n) is 1.89. The minimum Gasteiger partial charge on any atom is -0.326 e. The molecule has 1 atom stereocenters. The highest BCUT2D eigenvalue weighted by Gasteiger charge is 2.29. The van der Waals surface area contributed by atoms with Crippen molar-refractivity contribution in [3.05, 3.63) is 35.6 Å². The molecule has 0 radical (unpaired) electrons. The Labute approximate surface area is 100 Å². The number of rotatable bonds is 3. The van der Waals surface area contributed by atoms with E-state index in [0.717, 1.165) is 0 Å². The summed E-state index contributed by atoms with van der Waals surface area (Å²) >= 11 is 0. The minimum absolute atomic E-state index is 0.0713. The largest absolute Gasteiger partial charge is 0.326 e. The van der Waals surface area contributed by atoms with E-state index in [4.69, 9.17) is 5.73 Å². The zero-order chi connectivity index (χ0) is 12.5. The van der Waals surface area contributed by atoms with Gasteiger partial charge in [-0.2, -0.15) is 0 Å². The van der Waals surface area contributed by atoms with Gasteiger partial charge >= 0.3 is 0 Å². The van der Waals surface area contributed by atoms with Crippen molar-refractivity contribution in [3.8, 4) is 0 Å². The first-order chi connectivity index (χ1) is 7.97. The third-order valence-electron chi connectivity index (χ3n) is 2.84. The lowest BCUT2D eigenvalue weighted by Crippen LogP contribution is -2.32. The maximum atomic E-state index is 12.7. The number of hydrogen-bond acceptors (Lipinski definition) is 3. The van der Waals surface area contributed by atoms with E-state index < -0.39 is 10.0 Å². The summed E-state index contributed by atoms with van der Waals surface area (Å²) in [5.74, 6) is -0.464. The molecular weight excluding hydrogens is 243 g/mol. The Kier molecular flexibility index (Phi) is 3.46. The van der Waals surface area contributed by atoms with Crippen molar-refractivity contribution in [2.45, 2.75) is 18.2 Å². The highest BCUT2D eigenvalue weighted by atomic mass is 32.2. The van der Waals surface area contributed by atoms with Crippen molar-refractivity contribution < 1.29 is 12.8 Å². The van der Waals surface area contributed by atoms with Crippen LogP contribution in [0.4, 0.5) is 4.39 Å². The molecule has 1 fully saturated rings. The van der Waals surface area contributed by atoms with Crippen molar-refractivity contribution in [2.24, 2.45) is 5.73 Å². The Hall–Kier alpha value is -0.980. The predicted molar refractivity (Wildman–Crippen MR) is 63.2 cm³/mol. The summed E-state index contributed by atoms with van der Waals surface area (Å²) in [5, 5.41) is 0.